The van der Waals surface area contributed by atoms with Crippen molar-refractivity contribution in [2.45, 2.75) is 43.4 Å². The number of aliphatic hydroxyl groups excluding tert-OH is 1. The molecule has 3 amide bonds. The van der Waals surface area contributed by atoms with Crippen LogP contribution < -0.4 is 9.80 Å². The topological polar surface area (TPSA) is 90.4 Å². The Labute approximate surface area is 244 Å². The van der Waals surface area contributed by atoms with Gasteiger partial charge in [0.2, 0.25) is 11.8 Å². The second kappa shape index (κ2) is 10.7. The second-order valence-corrected chi connectivity index (χ2v) is 11.8. The van der Waals surface area contributed by atoms with Crippen LogP contribution in [-0.4, -0.2) is 71.2 Å². The van der Waals surface area contributed by atoms with Crippen LogP contribution in [0.4, 0.5) is 11.4 Å². The molecule has 8 nitrogen and oxygen atoms in total. The van der Waals surface area contributed by atoms with Gasteiger partial charge in [-0.15, -0.1) is 0 Å². The number of fused-ring (bicyclic) bond motifs is 2. The molecule has 1 N–H and O–H groups in total. The van der Waals surface area contributed by atoms with E-state index in [9.17, 15) is 19.5 Å². The summed E-state index contributed by atoms with van der Waals surface area (Å²) in [7, 11) is 0. The van der Waals surface area contributed by atoms with Crippen LogP contribution >= 0.6 is 11.6 Å². The van der Waals surface area contributed by atoms with Gasteiger partial charge in [0.05, 0.1) is 17.4 Å². The number of halogens is 1. The highest BCUT2D eigenvalue weighted by molar-refractivity contribution is 6.30. The van der Waals surface area contributed by atoms with Crippen molar-refractivity contribution < 1.29 is 24.2 Å². The van der Waals surface area contributed by atoms with E-state index in [0.29, 0.717) is 49.6 Å². The number of aliphatic hydroxyl groups is 1. The maximum absolute atomic E-state index is 14.5. The van der Waals surface area contributed by atoms with E-state index in [2.05, 4.69) is 0 Å². The molecule has 4 aliphatic heterocycles. The quantitative estimate of drug-likeness (QED) is 0.398. The largest absolute Gasteiger partial charge is 0.396 e. The summed E-state index contributed by atoms with van der Waals surface area (Å²) < 4.78 is 6.89. The third kappa shape index (κ3) is 4.49. The normalized spacial score (nSPS) is 30.8. The smallest absolute Gasteiger partial charge is 0.253 e. The van der Waals surface area contributed by atoms with Crippen molar-refractivity contribution >= 4 is 40.7 Å². The van der Waals surface area contributed by atoms with Crippen LogP contribution in [0.5, 0.6) is 0 Å². The average molecular weight is 576 g/mol. The molecule has 2 aromatic rings. The first kappa shape index (κ1) is 27.7. The van der Waals surface area contributed by atoms with Crippen molar-refractivity contribution in [3.63, 3.8) is 0 Å². The summed E-state index contributed by atoms with van der Waals surface area (Å²) >= 11 is 6.12. The number of hydrogen-bond donors (Lipinski definition) is 1. The molecule has 214 valence electrons. The van der Waals surface area contributed by atoms with Crippen molar-refractivity contribution in [2.24, 2.45) is 11.8 Å². The monoisotopic (exact) mass is 575 g/mol. The predicted molar refractivity (Wildman–Crippen MR) is 157 cm³/mol. The Morgan fingerprint density at radius 1 is 0.829 bits per heavy atom. The summed E-state index contributed by atoms with van der Waals surface area (Å²) in [5.74, 6) is -2.40. The van der Waals surface area contributed by atoms with Crippen LogP contribution in [0.25, 0.3) is 0 Å². The summed E-state index contributed by atoms with van der Waals surface area (Å²) in [5.41, 5.74) is -0.980. The number of likely N-dealkylation sites (tertiary alicyclic amines) is 1. The molecule has 5 atom stereocenters. The van der Waals surface area contributed by atoms with Crippen molar-refractivity contribution in [1.82, 2.24) is 4.90 Å². The first-order chi connectivity index (χ1) is 19.8. The first-order valence-electron chi connectivity index (χ1n) is 14.2. The number of amides is 3. The Bertz CT molecular complexity index is 1400. The van der Waals surface area contributed by atoms with Gasteiger partial charge in [-0.3, -0.25) is 14.4 Å². The Balaban J connectivity index is 1.44. The number of para-hydroxylation sites is 1. The van der Waals surface area contributed by atoms with Gasteiger partial charge in [0.25, 0.3) is 5.91 Å². The van der Waals surface area contributed by atoms with Gasteiger partial charge in [-0.25, -0.2) is 0 Å². The van der Waals surface area contributed by atoms with Crippen molar-refractivity contribution in [1.29, 1.82) is 0 Å². The molecule has 0 bridgehead atoms. The SMILES string of the molecule is C[C@@]12C=CCN(c3ccccc3)C(=O)[C@@H]1[C@H]1C(=O)N(CCCCCO)C3C(=O)N(c4ccc(Cl)cc4)CC=C[C@@]31O2. The number of benzene rings is 2. The molecule has 41 heavy (non-hydrogen) atoms. The van der Waals surface area contributed by atoms with Gasteiger partial charge >= 0.3 is 0 Å². The molecular weight excluding hydrogens is 542 g/mol. The lowest BCUT2D eigenvalue weighted by Crippen LogP contribution is -2.56. The van der Waals surface area contributed by atoms with Crippen molar-refractivity contribution in [3.05, 3.63) is 83.9 Å². The number of unbranched alkanes of at least 4 members (excludes halogenated alkanes) is 2. The van der Waals surface area contributed by atoms with Crippen LogP contribution in [0.15, 0.2) is 78.9 Å². The van der Waals surface area contributed by atoms with E-state index in [1.807, 2.05) is 61.6 Å². The minimum Gasteiger partial charge on any atom is -0.396 e. The second-order valence-electron chi connectivity index (χ2n) is 11.3. The zero-order valence-corrected chi connectivity index (χ0v) is 23.7. The maximum Gasteiger partial charge on any atom is 0.253 e. The van der Waals surface area contributed by atoms with Crippen molar-refractivity contribution in [2.75, 3.05) is 36.0 Å². The van der Waals surface area contributed by atoms with Gasteiger partial charge in [-0.2, -0.15) is 0 Å². The van der Waals surface area contributed by atoms with Gasteiger partial charge in [0, 0.05) is 42.6 Å². The summed E-state index contributed by atoms with van der Waals surface area (Å²) in [4.78, 5) is 48.2. The summed E-state index contributed by atoms with van der Waals surface area (Å²) in [6.07, 6.45) is 9.48. The molecule has 6 rings (SSSR count). The predicted octanol–water partition coefficient (Wildman–Crippen LogP) is 3.98. The van der Waals surface area contributed by atoms with Gasteiger partial charge in [-0.05, 0) is 62.6 Å². The highest BCUT2D eigenvalue weighted by Gasteiger charge is 2.74. The zero-order chi connectivity index (χ0) is 28.8. The van der Waals surface area contributed by atoms with Gasteiger partial charge in [-0.1, -0.05) is 54.1 Å². The molecule has 0 radical (unpaired) electrons. The molecule has 2 fully saturated rings. The Morgan fingerprint density at radius 3 is 2.20 bits per heavy atom. The highest BCUT2D eigenvalue weighted by atomic mass is 35.5. The van der Waals surface area contributed by atoms with E-state index in [4.69, 9.17) is 16.3 Å². The molecule has 2 aromatic carbocycles. The fraction of sp³-hybridized carbons (Fsp3) is 0.406. The molecule has 1 unspecified atom stereocenters. The van der Waals surface area contributed by atoms with E-state index >= 15 is 0 Å². The fourth-order valence-corrected chi connectivity index (χ4v) is 7.15. The van der Waals surface area contributed by atoms with Gasteiger partial charge < -0.3 is 24.5 Å². The lowest BCUT2D eigenvalue weighted by Gasteiger charge is -2.37. The fourth-order valence-electron chi connectivity index (χ4n) is 7.02. The number of anilines is 2. The van der Waals surface area contributed by atoms with Crippen LogP contribution in [0.1, 0.15) is 26.2 Å². The minimum atomic E-state index is -1.31. The summed E-state index contributed by atoms with van der Waals surface area (Å²) in [5, 5.41) is 9.85. The van der Waals surface area contributed by atoms with Crippen LogP contribution in [0.3, 0.4) is 0 Å². The zero-order valence-electron chi connectivity index (χ0n) is 23.0. The standard InChI is InChI=1S/C32H34ClN3O5/c1-31-16-8-19-34(23-10-4-2-5-11-23)28(38)25(31)26-29(39)36(18-6-3-7-21-37)27-30(40)35(20-9-17-32(26,27)41-31)24-14-12-22(33)13-15-24/h2,4-5,8-17,25-27,37H,3,6-7,18-21H2,1H3/t25-,26-,27?,31+,32-/m0/s1. The summed E-state index contributed by atoms with van der Waals surface area (Å²) in [6.45, 7) is 2.90. The lowest BCUT2D eigenvalue weighted by atomic mass is 9.74. The van der Waals surface area contributed by atoms with E-state index in [-0.39, 0.29) is 24.3 Å². The van der Waals surface area contributed by atoms with E-state index in [1.165, 1.54) is 0 Å². The van der Waals surface area contributed by atoms with Gasteiger partial charge in [0.15, 0.2) is 0 Å². The average Bonchev–Trinajstić information content (AvgIpc) is 3.23. The number of carbonyl (C=O) groups is 3. The Kier molecular flexibility index (Phi) is 7.26. The lowest BCUT2D eigenvalue weighted by molar-refractivity contribution is -0.144. The minimum absolute atomic E-state index is 0.0651. The third-order valence-corrected chi connectivity index (χ3v) is 9.07. The molecule has 9 heteroatoms. The summed E-state index contributed by atoms with van der Waals surface area (Å²) in [6, 6.07) is 15.5. The number of rotatable bonds is 7. The maximum atomic E-state index is 14.5. The molecule has 1 spiro atoms. The molecule has 4 aliphatic rings. The number of nitrogens with zero attached hydrogens (tertiary/aromatic N) is 3. The third-order valence-electron chi connectivity index (χ3n) is 8.82. The molecule has 4 heterocycles. The number of ether oxygens (including phenoxy) is 1. The number of hydrogen-bond acceptors (Lipinski definition) is 5. The Morgan fingerprint density at radius 2 is 1.49 bits per heavy atom. The first-order valence-corrected chi connectivity index (χ1v) is 14.6. The van der Waals surface area contributed by atoms with Crippen LogP contribution in [-0.2, 0) is 19.1 Å². The van der Waals surface area contributed by atoms with Crippen LogP contribution in [0, 0.1) is 11.8 Å². The van der Waals surface area contributed by atoms with E-state index in [0.717, 1.165) is 5.69 Å². The van der Waals surface area contributed by atoms with Gasteiger partial charge in [0.1, 0.15) is 11.6 Å². The molecule has 0 aromatic heterocycles. The highest BCUT2D eigenvalue weighted by Crippen LogP contribution is 2.57. The van der Waals surface area contributed by atoms with Crippen molar-refractivity contribution in [3.8, 4) is 0 Å². The van der Waals surface area contributed by atoms with E-state index in [1.54, 1.807) is 39.0 Å². The number of carbonyl (C=O) groups excluding carboxylic acids is 3. The molecule has 0 aliphatic carbocycles. The molecule has 2 saturated heterocycles. The molecule has 0 saturated carbocycles. The Hall–Kier alpha value is -3.46. The van der Waals surface area contributed by atoms with Crippen LogP contribution in [0.2, 0.25) is 5.02 Å². The molecular formula is C32H34ClN3O5. The van der Waals surface area contributed by atoms with E-state index < -0.39 is 29.1 Å².